The normalized spacial score (nSPS) is 18.1. The van der Waals surface area contributed by atoms with E-state index in [1.807, 2.05) is 12.3 Å². The molecular weight excluding hydrogens is 214 g/mol. The van der Waals surface area contributed by atoms with Gasteiger partial charge in [-0.25, -0.2) is 10.8 Å². The van der Waals surface area contributed by atoms with Crippen LogP contribution in [-0.4, -0.2) is 43.1 Å². The minimum atomic E-state index is 0.615. The van der Waals surface area contributed by atoms with Gasteiger partial charge in [0.1, 0.15) is 5.82 Å². The number of nitrogens with two attached hydrogens (primary N) is 1. The number of hydrogen-bond acceptors (Lipinski definition) is 5. The molecule has 1 aliphatic rings. The molecule has 0 saturated carbocycles. The highest BCUT2D eigenvalue weighted by atomic mass is 15.3. The van der Waals surface area contributed by atoms with Crippen LogP contribution in [0.3, 0.4) is 0 Å². The van der Waals surface area contributed by atoms with Gasteiger partial charge in [-0.2, -0.15) is 0 Å². The summed E-state index contributed by atoms with van der Waals surface area (Å²) in [6, 6.07) is 4.58. The smallest absolute Gasteiger partial charge is 0.140 e. The van der Waals surface area contributed by atoms with Crippen LogP contribution < -0.4 is 16.2 Å². The van der Waals surface area contributed by atoms with Gasteiger partial charge in [0.05, 0.1) is 11.9 Å². The van der Waals surface area contributed by atoms with E-state index < -0.39 is 0 Å². The van der Waals surface area contributed by atoms with Gasteiger partial charge < -0.3 is 15.2 Å². The average Bonchev–Trinajstić information content (AvgIpc) is 2.39. The molecule has 94 valence electrons. The molecule has 5 nitrogen and oxygen atoms in total. The summed E-state index contributed by atoms with van der Waals surface area (Å²) in [4.78, 5) is 8.94. The van der Waals surface area contributed by atoms with Gasteiger partial charge >= 0.3 is 0 Å². The van der Waals surface area contributed by atoms with E-state index in [1.54, 1.807) is 0 Å². The second-order valence-electron chi connectivity index (χ2n) is 4.69. The molecular formula is C12H21N5. The highest BCUT2D eigenvalue weighted by Crippen LogP contribution is 2.21. The lowest BCUT2D eigenvalue weighted by atomic mass is 10.0. The number of rotatable bonds is 3. The fourth-order valence-corrected chi connectivity index (χ4v) is 2.27. The van der Waals surface area contributed by atoms with Crippen molar-refractivity contribution < 1.29 is 0 Å². The van der Waals surface area contributed by atoms with Gasteiger partial charge in [-0.1, -0.05) is 0 Å². The first kappa shape index (κ1) is 12.1. The van der Waals surface area contributed by atoms with Gasteiger partial charge in [-0.15, -0.1) is 0 Å². The summed E-state index contributed by atoms with van der Waals surface area (Å²) in [6.07, 6.45) is 4.29. The van der Waals surface area contributed by atoms with E-state index in [9.17, 15) is 0 Å². The average molecular weight is 235 g/mol. The molecule has 0 radical (unpaired) electrons. The number of piperidine rings is 1. The Bertz CT molecular complexity index is 342. The van der Waals surface area contributed by atoms with Crippen molar-refractivity contribution in [1.29, 1.82) is 0 Å². The van der Waals surface area contributed by atoms with Crippen LogP contribution in [0, 0.1) is 0 Å². The predicted molar refractivity (Wildman–Crippen MR) is 71.0 cm³/mol. The number of nitrogens with one attached hydrogen (secondary N) is 1. The van der Waals surface area contributed by atoms with Gasteiger partial charge in [-0.05, 0) is 45.1 Å². The Hall–Kier alpha value is -1.33. The Morgan fingerprint density at radius 3 is 2.65 bits per heavy atom. The van der Waals surface area contributed by atoms with Crippen LogP contribution >= 0.6 is 0 Å². The summed E-state index contributed by atoms with van der Waals surface area (Å²) in [5, 5.41) is 0. The monoisotopic (exact) mass is 235 g/mol. The molecule has 0 aromatic carbocycles. The Morgan fingerprint density at radius 1 is 1.41 bits per heavy atom. The summed E-state index contributed by atoms with van der Waals surface area (Å²) in [5.74, 6) is 6.00. The molecule has 0 amide bonds. The summed E-state index contributed by atoms with van der Waals surface area (Å²) >= 11 is 0. The molecule has 0 aliphatic carbocycles. The van der Waals surface area contributed by atoms with Crippen LogP contribution in [0.1, 0.15) is 12.8 Å². The lowest BCUT2D eigenvalue weighted by Gasteiger charge is -2.36. The quantitative estimate of drug-likeness (QED) is 0.602. The van der Waals surface area contributed by atoms with Gasteiger partial charge in [0.15, 0.2) is 0 Å². The highest BCUT2D eigenvalue weighted by molar-refractivity contribution is 5.49. The second kappa shape index (κ2) is 5.33. The Morgan fingerprint density at radius 2 is 2.12 bits per heavy atom. The van der Waals surface area contributed by atoms with E-state index in [2.05, 4.69) is 40.4 Å². The molecule has 1 aromatic rings. The third-order valence-corrected chi connectivity index (χ3v) is 3.54. The van der Waals surface area contributed by atoms with Gasteiger partial charge in [0.2, 0.25) is 0 Å². The third kappa shape index (κ3) is 2.87. The lowest BCUT2D eigenvalue weighted by molar-refractivity contribution is 0.253. The van der Waals surface area contributed by atoms with Crippen molar-refractivity contribution >= 4 is 11.5 Å². The SMILES string of the molecule is CN1CCC(N(C)c2ccc(NN)nc2)CC1. The zero-order chi connectivity index (χ0) is 12.3. The zero-order valence-electron chi connectivity index (χ0n) is 10.6. The molecule has 5 heteroatoms. The van der Waals surface area contributed by atoms with Crippen LogP contribution in [0.5, 0.6) is 0 Å². The Kier molecular flexibility index (Phi) is 3.81. The number of likely N-dealkylation sites (tertiary alicyclic amines) is 1. The first-order chi connectivity index (χ1) is 8.20. The van der Waals surface area contributed by atoms with Gasteiger partial charge in [-0.3, -0.25) is 0 Å². The van der Waals surface area contributed by atoms with Crippen molar-refractivity contribution in [1.82, 2.24) is 9.88 Å². The minimum absolute atomic E-state index is 0.615. The first-order valence-corrected chi connectivity index (χ1v) is 6.05. The molecule has 1 saturated heterocycles. The van der Waals surface area contributed by atoms with Crippen LogP contribution in [0.25, 0.3) is 0 Å². The number of nitrogen functional groups attached to an aromatic ring is 1. The maximum atomic E-state index is 5.30. The van der Waals surface area contributed by atoms with E-state index in [0.717, 1.165) is 5.69 Å². The van der Waals surface area contributed by atoms with Crippen LogP contribution in [0.15, 0.2) is 18.3 Å². The number of hydrazine groups is 1. The first-order valence-electron chi connectivity index (χ1n) is 6.05. The molecule has 2 heterocycles. The van der Waals surface area contributed by atoms with Crippen molar-refractivity contribution in [2.45, 2.75) is 18.9 Å². The summed E-state index contributed by atoms with van der Waals surface area (Å²) in [7, 11) is 4.32. The number of anilines is 2. The zero-order valence-corrected chi connectivity index (χ0v) is 10.6. The topological polar surface area (TPSA) is 57.4 Å². The molecule has 0 unspecified atom stereocenters. The fraction of sp³-hybridized carbons (Fsp3) is 0.583. The largest absolute Gasteiger partial charge is 0.370 e. The maximum Gasteiger partial charge on any atom is 0.140 e. The number of hydrogen-bond donors (Lipinski definition) is 2. The maximum absolute atomic E-state index is 5.30. The van der Waals surface area contributed by atoms with Gasteiger partial charge in [0, 0.05) is 13.1 Å². The molecule has 1 aromatic heterocycles. The van der Waals surface area contributed by atoms with E-state index in [4.69, 9.17) is 5.84 Å². The molecule has 17 heavy (non-hydrogen) atoms. The fourth-order valence-electron chi connectivity index (χ4n) is 2.27. The lowest BCUT2D eigenvalue weighted by Crippen LogP contribution is -2.42. The van der Waals surface area contributed by atoms with Gasteiger partial charge in [0.25, 0.3) is 0 Å². The molecule has 2 rings (SSSR count). The van der Waals surface area contributed by atoms with Crippen LogP contribution in [0.4, 0.5) is 11.5 Å². The highest BCUT2D eigenvalue weighted by Gasteiger charge is 2.20. The van der Waals surface area contributed by atoms with Crippen molar-refractivity contribution in [3.8, 4) is 0 Å². The third-order valence-electron chi connectivity index (χ3n) is 3.54. The number of aromatic nitrogens is 1. The minimum Gasteiger partial charge on any atom is -0.370 e. The van der Waals surface area contributed by atoms with Crippen LogP contribution in [0.2, 0.25) is 0 Å². The Balaban J connectivity index is 2.00. The molecule has 1 fully saturated rings. The van der Waals surface area contributed by atoms with E-state index in [0.29, 0.717) is 11.9 Å². The second-order valence-corrected chi connectivity index (χ2v) is 4.69. The molecule has 3 N–H and O–H groups in total. The summed E-state index contributed by atoms with van der Waals surface area (Å²) in [5.41, 5.74) is 3.69. The summed E-state index contributed by atoms with van der Waals surface area (Å²) in [6.45, 7) is 2.34. The van der Waals surface area contributed by atoms with E-state index >= 15 is 0 Å². The van der Waals surface area contributed by atoms with Crippen molar-refractivity contribution in [2.24, 2.45) is 5.84 Å². The molecule has 0 atom stereocenters. The standard InChI is InChI=1S/C12H21N5/c1-16-7-5-10(6-8-16)17(2)11-3-4-12(15-13)14-9-11/h3-4,9-10H,5-8,13H2,1-2H3,(H,14,15). The van der Waals surface area contributed by atoms with E-state index in [1.165, 1.54) is 25.9 Å². The number of nitrogens with zero attached hydrogens (tertiary/aromatic N) is 3. The van der Waals surface area contributed by atoms with Crippen LogP contribution in [-0.2, 0) is 0 Å². The molecule has 0 spiro atoms. The number of pyridine rings is 1. The molecule has 1 aliphatic heterocycles. The molecule has 0 bridgehead atoms. The van der Waals surface area contributed by atoms with Crippen molar-refractivity contribution in [3.63, 3.8) is 0 Å². The Labute approximate surface area is 103 Å². The van der Waals surface area contributed by atoms with Crippen molar-refractivity contribution in [2.75, 3.05) is 37.5 Å². The predicted octanol–water partition coefficient (Wildman–Crippen LogP) is 0.898. The van der Waals surface area contributed by atoms with Crippen molar-refractivity contribution in [3.05, 3.63) is 18.3 Å². The summed E-state index contributed by atoms with van der Waals surface area (Å²) < 4.78 is 0. The van der Waals surface area contributed by atoms with E-state index in [-0.39, 0.29) is 0 Å².